The lowest BCUT2D eigenvalue weighted by Gasteiger charge is -2.23. The Kier molecular flexibility index (Phi) is 8.25. The van der Waals surface area contributed by atoms with Crippen molar-refractivity contribution in [3.05, 3.63) is 30.1 Å². The van der Waals surface area contributed by atoms with Gasteiger partial charge in [-0.1, -0.05) is 19.3 Å². The zero-order valence-electron chi connectivity index (χ0n) is 17.7. The Morgan fingerprint density at radius 2 is 1.68 bits per heavy atom. The largest absolute Gasteiger partial charge is 0.341 e. The number of nitrogens with zero attached hydrogens (tertiary/aromatic N) is 2. The summed E-state index contributed by atoms with van der Waals surface area (Å²) in [4.78, 5) is 26.2. The molecule has 10 heteroatoms. The Balaban J connectivity index is 1.43. The molecule has 1 saturated heterocycles. The number of benzene rings is 1. The minimum atomic E-state index is -3.73. The number of hydrogen-bond acceptors (Lipinski definition) is 4. The first-order valence-electron chi connectivity index (χ1n) is 10.9. The molecule has 1 aromatic rings. The highest BCUT2D eigenvalue weighted by Gasteiger charge is 2.28. The topological polar surface area (TPSA) is 98.8 Å². The van der Waals surface area contributed by atoms with E-state index in [1.165, 1.54) is 22.9 Å². The number of halogens is 1. The van der Waals surface area contributed by atoms with Gasteiger partial charge in [0.1, 0.15) is 5.82 Å². The first-order valence-corrected chi connectivity index (χ1v) is 12.4. The van der Waals surface area contributed by atoms with E-state index in [1.54, 1.807) is 4.90 Å². The fourth-order valence-corrected chi connectivity index (χ4v) is 5.53. The summed E-state index contributed by atoms with van der Waals surface area (Å²) in [7, 11) is -3.73. The number of carbonyl (C=O) groups is 2. The van der Waals surface area contributed by atoms with Gasteiger partial charge in [0, 0.05) is 45.2 Å². The van der Waals surface area contributed by atoms with Crippen LogP contribution in [0.5, 0.6) is 0 Å². The third-order valence-corrected chi connectivity index (χ3v) is 7.74. The SMILES string of the molecule is O=C(NCCC(=O)N1CCCN(S(=O)(=O)c2ccc(F)cc2)CC1)NC1CCCCC1. The summed E-state index contributed by atoms with van der Waals surface area (Å²) in [5, 5.41) is 5.69. The van der Waals surface area contributed by atoms with Crippen molar-refractivity contribution in [3.8, 4) is 0 Å². The number of sulfonamides is 1. The molecule has 0 spiro atoms. The molecule has 0 bridgehead atoms. The molecule has 0 unspecified atom stereocenters. The number of urea groups is 1. The predicted molar refractivity (Wildman–Crippen MR) is 114 cm³/mol. The molecular formula is C21H31FN4O4S. The number of amides is 3. The van der Waals surface area contributed by atoms with Crippen molar-refractivity contribution in [2.24, 2.45) is 0 Å². The first-order chi connectivity index (χ1) is 14.9. The van der Waals surface area contributed by atoms with Crippen molar-refractivity contribution in [1.29, 1.82) is 0 Å². The molecule has 8 nitrogen and oxygen atoms in total. The van der Waals surface area contributed by atoms with E-state index in [1.807, 2.05) is 0 Å². The molecule has 1 saturated carbocycles. The van der Waals surface area contributed by atoms with Gasteiger partial charge < -0.3 is 15.5 Å². The maximum atomic E-state index is 13.1. The van der Waals surface area contributed by atoms with Crippen LogP contribution in [0.3, 0.4) is 0 Å². The van der Waals surface area contributed by atoms with E-state index in [2.05, 4.69) is 10.6 Å². The van der Waals surface area contributed by atoms with E-state index in [9.17, 15) is 22.4 Å². The molecule has 3 rings (SSSR count). The first kappa shape index (κ1) is 23.5. The fourth-order valence-electron chi connectivity index (χ4n) is 4.06. The van der Waals surface area contributed by atoms with E-state index in [0.717, 1.165) is 37.8 Å². The second-order valence-electron chi connectivity index (χ2n) is 8.08. The summed E-state index contributed by atoms with van der Waals surface area (Å²) in [6.45, 7) is 1.47. The van der Waals surface area contributed by atoms with Crippen LogP contribution >= 0.6 is 0 Å². The fraction of sp³-hybridized carbons (Fsp3) is 0.619. The molecule has 1 aromatic carbocycles. The number of rotatable bonds is 6. The average molecular weight is 455 g/mol. The molecule has 1 aliphatic carbocycles. The second-order valence-corrected chi connectivity index (χ2v) is 10.0. The van der Waals surface area contributed by atoms with Gasteiger partial charge in [0.15, 0.2) is 0 Å². The van der Waals surface area contributed by atoms with Gasteiger partial charge in [-0.25, -0.2) is 17.6 Å². The summed E-state index contributed by atoms with van der Waals surface area (Å²) < 4.78 is 40.0. The Morgan fingerprint density at radius 3 is 2.39 bits per heavy atom. The van der Waals surface area contributed by atoms with Crippen LogP contribution < -0.4 is 10.6 Å². The summed E-state index contributed by atoms with van der Waals surface area (Å²) >= 11 is 0. The highest BCUT2D eigenvalue weighted by molar-refractivity contribution is 7.89. The average Bonchev–Trinajstić information content (AvgIpc) is 3.02. The van der Waals surface area contributed by atoms with E-state index in [-0.39, 0.29) is 48.9 Å². The van der Waals surface area contributed by atoms with Crippen molar-refractivity contribution in [2.75, 3.05) is 32.7 Å². The van der Waals surface area contributed by atoms with E-state index < -0.39 is 15.8 Å². The minimum absolute atomic E-state index is 0.0434. The van der Waals surface area contributed by atoms with Gasteiger partial charge in [0.25, 0.3) is 0 Å². The standard InChI is InChI=1S/C21H31FN4O4S/c22-17-7-9-19(10-8-17)31(29,30)26-14-4-13-25(15-16-26)20(27)11-12-23-21(28)24-18-5-2-1-3-6-18/h7-10,18H,1-6,11-16H2,(H2,23,24,28). The Hall–Kier alpha value is -2.20. The third-order valence-electron chi connectivity index (χ3n) is 5.82. The van der Waals surface area contributed by atoms with E-state index in [0.29, 0.717) is 19.5 Å². The van der Waals surface area contributed by atoms with Crippen molar-refractivity contribution >= 4 is 22.0 Å². The number of nitrogens with one attached hydrogen (secondary N) is 2. The lowest BCUT2D eigenvalue weighted by Crippen LogP contribution is -2.44. The molecule has 1 heterocycles. The van der Waals surface area contributed by atoms with Crippen LogP contribution in [-0.2, 0) is 14.8 Å². The molecule has 0 radical (unpaired) electrons. The smallest absolute Gasteiger partial charge is 0.315 e. The van der Waals surface area contributed by atoms with Crippen LogP contribution in [0, 0.1) is 5.82 Å². The third kappa shape index (κ3) is 6.64. The molecule has 0 atom stereocenters. The van der Waals surface area contributed by atoms with Crippen molar-refractivity contribution in [2.45, 2.75) is 55.9 Å². The van der Waals surface area contributed by atoms with E-state index >= 15 is 0 Å². The highest BCUT2D eigenvalue weighted by Crippen LogP contribution is 2.19. The summed E-state index contributed by atoms with van der Waals surface area (Å²) in [5.74, 6) is -0.605. The molecular weight excluding hydrogens is 423 g/mol. The van der Waals surface area contributed by atoms with Crippen LogP contribution in [0.15, 0.2) is 29.2 Å². The molecule has 0 aromatic heterocycles. The van der Waals surface area contributed by atoms with Crippen molar-refractivity contribution < 1.29 is 22.4 Å². The van der Waals surface area contributed by atoms with Gasteiger partial charge in [0.05, 0.1) is 4.90 Å². The van der Waals surface area contributed by atoms with Crippen LogP contribution in [0.25, 0.3) is 0 Å². The molecule has 3 amide bonds. The normalized spacial score (nSPS) is 18.9. The highest BCUT2D eigenvalue weighted by atomic mass is 32.2. The lowest BCUT2D eigenvalue weighted by molar-refractivity contribution is -0.130. The zero-order valence-corrected chi connectivity index (χ0v) is 18.5. The molecule has 2 aliphatic rings. The van der Waals surface area contributed by atoms with Gasteiger partial charge in [-0.3, -0.25) is 4.79 Å². The molecule has 2 N–H and O–H groups in total. The van der Waals surface area contributed by atoms with Gasteiger partial charge in [0.2, 0.25) is 15.9 Å². The van der Waals surface area contributed by atoms with Crippen molar-refractivity contribution in [3.63, 3.8) is 0 Å². The van der Waals surface area contributed by atoms with Crippen LogP contribution in [0.1, 0.15) is 44.9 Å². The summed E-state index contributed by atoms with van der Waals surface area (Å²) in [5.41, 5.74) is 0. The van der Waals surface area contributed by atoms with Gasteiger partial charge in [-0.15, -0.1) is 0 Å². The molecule has 1 aliphatic heterocycles. The van der Waals surface area contributed by atoms with E-state index in [4.69, 9.17) is 0 Å². The summed E-state index contributed by atoms with van der Waals surface area (Å²) in [6.07, 6.45) is 6.16. The van der Waals surface area contributed by atoms with Gasteiger partial charge in [-0.05, 0) is 43.5 Å². The number of carbonyl (C=O) groups excluding carboxylic acids is 2. The molecule has 172 valence electrons. The van der Waals surface area contributed by atoms with Crippen LogP contribution in [-0.4, -0.2) is 68.3 Å². The minimum Gasteiger partial charge on any atom is -0.341 e. The van der Waals surface area contributed by atoms with Gasteiger partial charge in [-0.2, -0.15) is 4.31 Å². The lowest BCUT2D eigenvalue weighted by atomic mass is 9.96. The monoisotopic (exact) mass is 454 g/mol. The summed E-state index contributed by atoms with van der Waals surface area (Å²) in [6, 6.07) is 4.72. The Morgan fingerprint density at radius 1 is 0.968 bits per heavy atom. The predicted octanol–water partition coefficient (Wildman–Crippen LogP) is 2.07. The Bertz CT molecular complexity index is 857. The van der Waals surface area contributed by atoms with Crippen LogP contribution in [0.4, 0.5) is 9.18 Å². The Labute approximate surface area is 183 Å². The van der Waals surface area contributed by atoms with Gasteiger partial charge >= 0.3 is 6.03 Å². The molecule has 31 heavy (non-hydrogen) atoms. The zero-order chi connectivity index (χ0) is 22.3. The van der Waals surface area contributed by atoms with Crippen LogP contribution in [0.2, 0.25) is 0 Å². The molecule has 2 fully saturated rings. The van der Waals surface area contributed by atoms with Crippen molar-refractivity contribution in [1.82, 2.24) is 19.8 Å². The quantitative estimate of drug-likeness (QED) is 0.687. The second kappa shape index (κ2) is 10.9. The maximum Gasteiger partial charge on any atom is 0.315 e. The maximum absolute atomic E-state index is 13.1. The number of hydrogen-bond donors (Lipinski definition) is 2.